The normalized spacial score (nSPS) is 11.0. The van der Waals surface area contributed by atoms with Crippen LogP contribution in [0.4, 0.5) is 0 Å². The average Bonchev–Trinajstić information content (AvgIpc) is 3.14. The van der Waals surface area contributed by atoms with Gasteiger partial charge in [0.15, 0.2) is 0 Å². The molecule has 0 fully saturated rings. The summed E-state index contributed by atoms with van der Waals surface area (Å²) in [5.41, 5.74) is 3.89. The number of carbonyl (C=O) groups excluding carboxylic acids is 1. The highest BCUT2D eigenvalue weighted by Crippen LogP contribution is 2.36. The summed E-state index contributed by atoms with van der Waals surface area (Å²) in [5, 5.41) is 1.69. The number of carbonyl (C=O) groups is 1. The fraction of sp³-hybridized carbons (Fsp3) is 0.136. The van der Waals surface area contributed by atoms with Gasteiger partial charge >= 0.3 is 5.97 Å². The van der Waals surface area contributed by atoms with Gasteiger partial charge in [-0.1, -0.05) is 58.0 Å². The molecule has 0 saturated heterocycles. The third-order valence-electron chi connectivity index (χ3n) is 4.37. The van der Waals surface area contributed by atoms with Gasteiger partial charge in [-0.15, -0.1) is 0 Å². The third kappa shape index (κ3) is 4.21. The molecule has 0 aliphatic rings. The Hall–Kier alpha value is -2.64. The molecule has 0 radical (unpaired) electrons. The first-order chi connectivity index (χ1) is 14.2. The predicted molar refractivity (Wildman–Crippen MR) is 119 cm³/mol. The first kappa shape index (κ1) is 19.7. The number of hydrogen-bond donors (Lipinski definition) is 0. The molecule has 5 nitrogen and oxygen atoms in total. The molecule has 29 heavy (non-hydrogen) atoms. The number of fused-ring (bicyclic) bond motifs is 1. The number of rotatable bonds is 6. The largest absolute Gasteiger partial charge is 0.465 e. The minimum absolute atomic E-state index is 0.206. The Morgan fingerprint density at radius 2 is 1.86 bits per heavy atom. The Kier molecular flexibility index (Phi) is 5.97. The maximum atomic E-state index is 11.9. The Labute approximate surface area is 181 Å². The van der Waals surface area contributed by atoms with Gasteiger partial charge in [-0.2, -0.15) is 0 Å². The Morgan fingerprint density at radius 1 is 1.10 bits per heavy atom. The van der Waals surface area contributed by atoms with E-state index in [0.29, 0.717) is 6.61 Å². The van der Waals surface area contributed by atoms with E-state index in [9.17, 15) is 4.79 Å². The number of aromatic nitrogens is 3. The van der Waals surface area contributed by atoms with Crippen LogP contribution in [-0.4, -0.2) is 32.9 Å². The fourth-order valence-corrected chi connectivity index (χ4v) is 4.18. The van der Waals surface area contributed by atoms with Crippen LogP contribution < -0.4 is 0 Å². The molecular formula is C22H18BrN3O2S. The van der Waals surface area contributed by atoms with Crippen molar-refractivity contribution >= 4 is 44.7 Å². The molecule has 0 aliphatic carbocycles. The second kappa shape index (κ2) is 8.80. The summed E-state index contributed by atoms with van der Waals surface area (Å²) in [4.78, 5) is 20.9. The number of hydrogen-bond acceptors (Lipinski definition) is 5. The predicted octanol–water partition coefficient (Wildman–Crippen LogP) is 5.51. The Balaban J connectivity index is 1.87. The van der Waals surface area contributed by atoms with Crippen LogP contribution in [0.2, 0.25) is 0 Å². The molecule has 146 valence electrons. The van der Waals surface area contributed by atoms with E-state index >= 15 is 0 Å². The van der Waals surface area contributed by atoms with E-state index in [1.54, 1.807) is 13.3 Å². The molecular weight excluding hydrogens is 450 g/mol. The van der Waals surface area contributed by atoms with E-state index in [4.69, 9.17) is 4.74 Å². The number of halogens is 1. The molecule has 7 heteroatoms. The monoisotopic (exact) mass is 467 g/mol. The van der Waals surface area contributed by atoms with Crippen molar-refractivity contribution in [1.29, 1.82) is 0 Å². The van der Waals surface area contributed by atoms with E-state index in [-0.39, 0.29) is 11.7 Å². The van der Waals surface area contributed by atoms with Crippen LogP contribution in [0.1, 0.15) is 6.92 Å². The maximum absolute atomic E-state index is 11.9. The van der Waals surface area contributed by atoms with Gasteiger partial charge in [-0.3, -0.25) is 4.79 Å². The van der Waals surface area contributed by atoms with Gasteiger partial charge in [0.05, 0.1) is 17.7 Å². The standard InChI is InChI=1S/C22H18BrN3O2S/c1-2-28-19(27)13-29-22-20-18(15-6-4-3-5-7-15)12-26(21(20)24-14-25-22)17-10-8-16(23)9-11-17/h3-12,14H,2,13H2,1H3. The molecule has 0 atom stereocenters. The Morgan fingerprint density at radius 3 is 2.59 bits per heavy atom. The molecule has 0 unspecified atom stereocenters. The molecule has 0 N–H and O–H groups in total. The van der Waals surface area contributed by atoms with E-state index in [1.807, 2.05) is 42.5 Å². The van der Waals surface area contributed by atoms with Gasteiger partial charge in [0.1, 0.15) is 17.0 Å². The third-order valence-corrected chi connectivity index (χ3v) is 5.86. The van der Waals surface area contributed by atoms with Gasteiger partial charge < -0.3 is 9.30 Å². The van der Waals surface area contributed by atoms with E-state index in [0.717, 1.165) is 37.3 Å². The van der Waals surface area contributed by atoms with Crippen LogP contribution in [-0.2, 0) is 9.53 Å². The van der Waals surface area contributed by atoms with Crippen LogP contribution in [0.25, 0.3) is 27.8 Å². The van der Waals surface area contributed by atoms with Crippen molar-refractivity contribution < 1.29 is 9.53 Å². The maximum Gasteiger partial charge on any atom is 0.316 e. The number of thioether (sulfide) groups is 1. The van der Waals surface area contributed by atoms with Crippen molar-refractivity contribution in [3.63, 3.8) is 0 Å². The van der Waals surface area contributed by atoms with Crippen LogP contribution in [0.3, 0.4) is 0 Å². The SMILES string of the molecule is CCOC(=O)CSc1ncnc2c1c(-c1ccccc1)cn2-c1ccc(Br)cc1. The molecule has 0 amide bonds. The highest BCUT2D eigenvalue weighted by molar-refractivity contribution is 9.10. The average molecular weight is 468 g/mol. The first-order valence-corrected chi connectivity index (χ1v) is 10.9. The molecule has 0 saturated carbocycles. The van der Waals surface area contributed by atoms with Gasteiger partial charge in [0, 0.05) is 21.9 Å². The number of esters is 1. The van der Waals surface area contributed by atoms with Crippen LogP contribution in [0.15, 0.2) is 76.6 Å². The van der Waals surface area contributed by atoms with Gasteiger partial charge in [-0.25, -0.2) is 9.97 Å². The minimum Gasteiger partial charge on any atom is -0.465 e. The molecule has 2 aromatic heterocycles. The molecule has 0 bridgehead atoms. The summed E-state index contributed by atoms with van der Waals surface area (Å²) >= 11 is 4.86. The highest BCUT2D eigenvalue weighted by atomic mass is 79.9. The van der Waals surface area contributed by atoms with E-state index in [1.165, 1.54) is 11.8 Å². The minimum atomic E-state index is -0.252. The zero-order valence-electron chi connectivity index (χ0n) is 15.7. The zero-order chi connectivity index (χ0) is 20.2. The summed E-state index contributed by atoms with van der Waals surface area (Å²) in [7, 11) is 0. The van der Waals surface area contributed by atoms with E-state index < -0.39 is 0 Å². The molecule has 0 spiro atoms. The van der Waals surface area contributed by atoms with Crippen molar-refractivity contribution in [2.45, 2.75) is 11.9 Å². The van der Waals surface area contributed by atoms with Gasteiger partial charge in [0.2, 0.25) is 0 Å². The summed E-state index contributed by atoms with van der Waals surface area (Å²) in [5.74, 6) is -0.0460. The number of ether oxygens (including phenoxy) is 1. The quantitative estimate of drug-likeness (QED) is 0.212. The van der Waals surface area contributed by atoms with Crippen LogP contribution in [0, 0.1) is 0 Å². The van der Waals surface area contributed by atoms with E-state index in [2.05, 4.69) is 48.8 Å². The lowest BCUT2D eigenvalue weighted by molar-refractivity contribution is -0.139. The van der Waals surface area contributed by atoms with Gasteiger partial charge in [-0.05, 0) is 36.8 Å². The summed E-state index contributed by atoms with van der Waals surface area (Å²) < 4.78 is 8.13. The topological polar surface area (TPSA) is 57.0 Å². The molecule has 4 aromatic rings. The van der Waals surface area contributed by atoms with Crippen molar-refractivity contribution in [3.8, 4) is 16.8 Å². The molecule has 0 aliphatic heterocycles. The van der Waals surface area contributed by atoms with Crippen molar-refractivity contribution in [2.24, 2.45) is 0 Å². The Bertz CT molecular complexity index is 1140. The zero-order valence-corrected chi connectivity index (χ0v) is 18.1. The second-order valence-corrected chi connectivity index (χ2v) is 8.11. The van der Waals surface area contributed by atoms with Crippen molar-refractivity contribution in [2.75, 3.05) is 12.4 Å². The lowest BCUT2D eigenvalue weighted by atomic mass is 10.1. The first-order valence-electron chi connectivity index (χ1n) is 9.13. The summed E-state index contributed by atoms with van der Waals surface area (Å²) in [6.07, 6.45) is 3.62. The molecule has 4 rings (SSSR count). The smallest absolute Gasteiger partial charge is 0.316 e. The van der Waals surface area contributed by atoms with Gasteiger partial charge in [0.25, 0.3) is 0 Å². The molecule has 2 heterocycles. The number of benzene rings is 2. The van der Waals surface area contributed by atoms with Crippen LogP contribution >= 0.6 is 27.7 Å². The molecule has 2 aromatic carbocycles. The lowest BCUT2D eigenvalue weighted by Crippen LogP contribution is -2.06. The summed E-state index contributed by atoms with van der Waals surface area (Å²) in [6, 6.07) is 18.2. The summed E-state index contributed by atoms with van der Waals surface area (Å²) in [6.45, 7) is 2.17. The van der Waals surface area contributed by atoms with Crippen molar-refractivity contribution in [1.82, 2.24) is 14.5 Å². The highest BCUT2D eigenvalue weighted by Gasteiger charge is 2.18. The van der Waals surface area contributed by atoms with Crippen LogP contribution in [0.5, 0.6) is 0 Å². The van der Waals surface area contributed by atoms with Crippen molar-refractivity contribution in [3.05, 3.63) is 71.6 Å². The fourth-order valence-electron chi connectivity index (χ4n) is 3.11. The number of nitrogens with zero attached hydrogens (tertiary/aromatic N) is 3. The lowest BCUT2D eigenvalue weighted by Gasteiger charge is -2.06. The second-order valence-electron chi connectivity index (χ2n) is 6.23.